The van der Waals surface area contributed by atoms with Gasteiger partial charge in [-0.05, 0) is 37.1 Å². The molecule has 1 aliphatic rings. The second-order valence-electron chi connectivity index (χ2n) is 6.86. The average molecular weight is 369 g/mol. The summed E-state index contributed by atoms with van der Waals surface area (Å²) in [6, 6.07) is 11.6. The zero-order valence-electron chi connectivity index (χ0n) is 15.2. The summed E-state index contributed by atoms with van der Waals surface area (Å²) < 4.78 is 0. The van der Waals surface area contributed by atoms with Crippen molar-refractivity contribution in [1.29, 1.82) is 0 Å². The number of nitrogens with zero attached hydrogens (tertiary/aromatic N) is 5. The summed E-state index contributed by atoms with van der Waals surface area (Å²) in [5.74, 6) is 1.95. The summed E-state index contributed by atoms with van der Waals surface area (Å²) >= 11 is 0. The lowest BCUT2D eigenvalue weighted by molar-refractivity contribution is 0.946. The Morgan fingerprint density at radius 2 is 1.96 bits per heavy atom. The summed E-state index contributed by atoms with van der Waals surface area (Å²) in [5.41, 5.74) is 4.90. The topological polar surface area (TPSA) is 92.3 Å². The Morgan fingerprint density at radius 1 is 1.00 bits per heavy atom. The third-order valence-electron chi connectivity index (χ3n) is 4.77. The number of anilines is 1. The molecule has 4 aromatic rings. The Balaban J connectivity index is 1.48. The van der Waals surface area contributed by atoms with Crippen LogP contribution in [0.25, 0.3) is 22.8 Å². The van der Waals surface area contributed by atoms with E-state index in [-0.39, 0.29) is 0 Å². The van der Waals surface area contributed by atoms with Gasteiger partial charge >= 0.3 is 0 Å². The fraction of sp³-hybridized carbons (Fsp3) is 0.190. The van der Waals surface area contributed by atoms with Crippen LogP contribution < -0.4 is 5.32 Å². The number of hydrogen-bond donors (Lipinski definition) is 2. The van der Waals surface area contributed by atoms with Crippen LogP contribution in [0.2, 0.25) is 0 Å². The molecule has 7 nitrogen and oxygen atoms in total. The Labute approximate surface area is 162 Å². The van der Waals surface area contributed by atoms with Crippen LogP contribution in [0.3, 0.4) is 0 Å². The maximum atomic E-state index is 4.70. The monoisotopic (exact) mass is 369 g/mol. The second-order valence-corrected chi connectivity index (χ2v) is 6.86. The van der Waals surface area contributed by atoms with Crippen molar-refractivity contribution < 1.29 is 0 Å². The predicted molar refractivity (Wildman–Crippen MR) is 106 cm³/mol. The van der Waals surface area contributed by atoms with E-state index >= 15 is 0 Å². The molecule has 0 aliphatic heterocycles. The molecule has 5 rings (SSSR count). The van der Waals surface area contributed by atoms with Gasteiger partial charge in [-0.1, -0.05) is 6.07 Å². The zero-order chi connectivity index (χ0) is 18.8. The SMILES string of the molecule is c1ccc(-c2nc(NCc3cn[nH]c3C3CC3)cc(-c3cccnc3)n2)nc1. The van der Waals surface area contributed by atoms with Crippen molar-refractivity contribution in [3.8, 4) is 22.8 Å². The van der Waals surface area contributed by atoms with Gasteiger partial charge in [0.1, 0.15) is 11.5 Å². The van der Waals surface area contributed by atoms with E-state index < -0.39 is 0 Å². The minimum atomic E-state index is 0.582. The number of aromatic amines is 1. The van der Waals surface area contributed by atoms with Crippen LogP contribution in [0.15, 0.2) is 61.2 Å². The number of nitrogens with one attached hydrogen (secondary N) is 2. The molecule has 28 heavy (non-hydrogen) atoms. The lowest BCUT2D eigenvalue weighted by atomic mass is 10.1. The summed E-state index contributed by atoms with van der Waals surface area (Å²) in [5, 5.41) is 10.8. The summed E-state index contributed by atoms with van der Waals surface area (Å²) in [6.07, 6.45) is 9.66. The normalized spacial score (nSPS) is 13.4. The van der Waals surface area contributed by atoms with Gasteiger partial charge in [0.2, 0.25) is 0 Å². The van der Waals surface area contributed by atoms with Gasteiger partial charge in [-0.2, -0.15) is 5.10 Å². The Hall–Kier alpha value is -3.61. The van der Waals surface area contributed by atoms with Crippen molar-refractivity contribution in [1.82, 2.24) is 30.1 Å². The first-order valence-electron chi connectivity index (χ1n) is 9.34. The molecule has 1 saturated carbocycles. The zero-order valence-corrected chi connectivity index (χ0v) is 15.2. The Morgan fingerprint density at radius 3 is 2.75 bits per heavy atom. The van der Waals surface area contributed by atoms with Crippen molar-refractivity contribution in [2.75, 3.05) is 5.32 Å². The van der Waals surface area contributed by atoms with E-state index in [9.17, 15) is 0 Å². The molecule has 0 saturated heterocycles. The molecule has 7 heteroatoms. The van der Waals surface area contributed by atoms with E-state index in [1.807, 2.05) is 42.6 Å². The lowest BCUT2D eigenvalue weighted by Gasteiger charge is -2.10. The lowest BCUT2D eigenvalue weighted by Crippen LogP contribution is -2.05. The highest BCUT2D eigenvalue weighted by Gasteiger charge is 2.27. The molecule has 0 aromatic carbocycles. The fourth-order valence-electron chi connectivity index (χ4n) is 3.18. The molecule has 0 amide bonds. The first-order chi connectivity index (χ1) is 13.9. The third-order valence-corrected chi connectivity index (χ3v) is 4.77. The molecule has 138 valence electrons. The van der Waals surface area contributed by atoms with E-state index in [1.54, 1.807) is 18.6 Å². The molecule has 0 spiro atoms. The van der Waals surface area contributed by atoms with Crippen molar-refractivity contribution >= 4 is 5.82 Å². The van der Waals surface area contributed by atoms with Crippen molar-refractivity contribution in [2.24, 2.45) is 0 Å². The minimum Gasteiger partial charge on any atom is -0.366 e. The highest BCUT2D eigenvalue weighted by molar-refractivity contribution is 5.65. The van der Waals surface area contributed by atoms with E-state index in [0.717, 1.165) is 22.8 Å². The minimum absolute atomic E-state index is 0.582. The van der Waals surface area contributed by atoms with Gasteiger partial charge in [-0.15, -0.1) is 0 Å². The summed E-state index contributed by atoms with van der Waals surface area (Å²) in [6.45, 7) is 0.660. The number of pyridine rings is 2. The van der Waals surface area contributed by atoms with Crippen molar-refractivity contribution in [3.63, 3.8) is 0 Å². The largest absolute Gasteiger partial charge is 0.366 e. The van der Waals surface area contributed by atoms with Crippen LogP contribution in [-0.2, 0) is 6.54 Å². The van der Waals surface area contributed by atoms with Gasteiger partial charge in [0.05, 0.1) is 11.9 Å². The number of H-pyrrole nitrogens is 1. The molecular weight excluding hydrogens is 350 g/mol. The van der Waals surface area contributed by atoms with E-state index in [1.165, 1.54) is 24.1 Å². The molecule has 2 N–H and O–H groups in total. The smallest absolute Gasteiger partial charge is 0.180 e. The first-order valence-corrected chi connectivity index (χ1v) is 9.34. The standard InChI is InChI=1S/C21H19N7/c1-2-9-23-17(5-1)21-26-18(15-4-3-8-22-11-15)10-19(27-21)24-12-16-13-25-28-20(16)14-6-7-14/h1-5,8-11,13-14H,6-7,12H2,(H,25,28)(H,24,26,27). The van der Waals surface area contributed by atoms with Gasteiger partial charge in [-0.3, -0.25) is 15.1 Å². The van der Waals surface area contributed by atoms with Gasteiger partial charge < -0.3 is 5.32 Å². The van der Waals surface area contributed by atoms with E-state index in [0.29, 0.717) is 18.3 Å². The van der Waals surface area contributed by atoms with Gasteiger partial charge in [0.15, 0.2) is 5.82 Å². The molecule has 0 bridgehead atoms. The van der Waals surface area contributed by atoms with Gasteiger partial charge in [-0.25, -0.2) is 9.97 Å². The van der Waals surface area contributed by atoms with Crippen LogP contribution in [0.1, 0.15) is 30.0 Å². The van der Waals surface area contributed by atoms with E-state index in [4.69, 9.17) is 4.98 Å². The van der Waals surface area contributed by atoms with Crippen molar-refractivity contribution in [2.45, 2.75) is 25.3 Å². The van der Waals surface area contributed by atoms with Gasteiger partial charge in [0, 0.05) is 53.9 Å². The molecule has 0 unspecified atom stereocenters. The summed E-state index contributed by atoms with van der Waals surface area (Å²) in [4.78, 5) is 18.0. The van der Waals surface area contributed by atoms with Gasteiger partial charge in [0.25, 0.3) is 0 Å². The Bertz CT molecular complexity index is 1010. The number of aromatic nitrogens is 6. The molecule has 0 atom stereocenters. The van der Waals surface area contributed by atoms with Crippen molar-refractivity contribution in [3.05, 3.63) is 72.4 Å². The third kappa shape index (κ3) is 3.46. The molecule has 4 heterocycles. The molecule has 0 radical (unpaired) electrons. The molecule has 4 aromatic heterocycles. The maximum absolute atomic E-state index is 4.70. The average Bonchev–Trinajstić information content (AvgIpc) is 3.51. The quantitative estimate of drug-likeness (QED) is 0.537. The van der Waals surface area contributed by atoms with E-state index in [2.05, 4.69) is 30.5 Å². The first kappa shape index (κ1) is 16.6. The fourth-order valence-corrected chi connectivity index (χ4v) is 3.18. The second kappa shape index (κ2) is 7.19. The maximum Gasteiger partial charge on any atom is 0.180 e. The molecule has 1 fully saturated rings. The van der Waals surface area contributed by atoms with Crippen LogP contribution in [0.5, 0.6) is 0 Å². The van der Waals surface area contributed by atoms with Crippen LogP contribution in [0.4, 0.5) is 5.82 Å². The molecular formula is C21H19N7. The highest BCUT2D eigenvalue weighted by atomic mass is 15.1. The van der Waals surface area contributed by atoms with Crippen LogP contribution in [0, 0.1) is 0 Å². The summed E-state index contributed by atoms with van der Waals surface area (Å²) in [7, 11) is 0. The predicted octanol–water partition coefficient (Wildman–Crippen LogP) is 3.81. The number of rotatable bonds is 6. The Kier molecular flexibility index (Phi) is 4.25. The highest BCUT2D eigenvalue weighted by Crippen LogP contribution is 2.40. The van der Waals surface area contributed by atoms with Crippen LogP contribution >= 0.6 is 0 Å². The van der Waals surface area contributed by atoms with Crippen LogP contribution in [-0.4, -0.2) is 30.1 Å². The number of hydrogen-bond acceptors (Lipinski definition) is 6. The molecule has 1 aliphatic carbocycles.